The Balaban J connectivity index is 2.61. The zero-order valence-electron chi connectivity index (χ0n) is 11.3. The summed E-state index contributed by atoms with van der Waals surface area (Å²) in [6.07, 6.45) is 3.88. The van der Waals surface area contributed by atoms with Gasteiger partial charge < -0.3 is 4.74 Å². The van der Waals surface area contributed by atoms with Gasteiger partial charge in [-0.25, -0.2) is 9.31 Å². The van der Waals surface area contributed by atoms with E-state index >= 15 is 0 Å². The van der Waals surface area contributed by atoms with Crippen LogP contribution in [0, 0.1) is 6.92 Å². The van der Waals surface area contributed by atoms with Gasteiger partial charge in [0.15, 0.2) is 0 Å². The molecule has 0 atom stereocenters. The van der Waals surface area contributed by atoms with E-state index in [9.17, 15) is 9.59 Å². The average Bonchev–Trinajstić information content (AvgIpc) is 2.71. The van der Waals surface area contributed by atoms with E-state index in [1.165, 1.54) is 10.8 Å². The topological polar surface area (TPSA) is 65.6 Å². The van der Waals surface area contributed by atoms with E-state index in [2.05, 4.69) is 5.10 Å². The van der Waals surface area contributed by atoms with Crippen LogP contribution in [0.1, 0.15) is 36.2 Å². The molecule has 2 heterocycles. The van der Waals surface area contributed by atoms with Gasteiger partial charge in [-0.1, -0.05) is 6.92 Å². The van der Waals surface area contributed by atoms with Crippen molar-refractivity contribution in [2.45, 2.75) is 33.7 Å². The maximum absolute atomic E-state index is 12.3. The van der Waals surface area contributed by atoms with Crippen molar-refractivity contribution >= 4 is 11.5 Å². The quantitative estimate of drug-likeness (QED) is 0.782. The summed E-state index contributed by atoms with van der Waals surface area (Å²) in [4.78, 5) is 24.1. The normalized spacial score (nSPS) is 10.9. The monoisotopic (exact) mass is 263 g/mol. The minimum Gasteiger partial charge on any atom is -0.462 e. The molecule has 102 valence electrons. The molecule has 2 aromatic heterocycles. The van der Waals surface area contributed by atoms with Crippen LogP contribution in [0.25, 0.3) is 5.52 Å². The summed E-state index contributed by atoms with van der Waals surface area (Å²) < 4.78 is 7.96. The summed E-state index contributed by atoms with van der Waals surface area (Å²) >= 11 is 0. The Morgan fingerprint density at radius 2 is 2.16 bits per heavy atom. The van der Waals surface area contributed by atoms with E-state index in [0.29, 0.717) is 29.8 Å². The molecule has 0 aliphatic carbocycles. The van der Waals surface area contributed by atoms with E-state index in [1.807, 2.05) is 6.92 Å². The first kappa shape index (κ1) is 13.3. The number of aryl methyl sites for hydroxylation is 2. The Bertz CT molecular complexity index is 670. The number of esters is 1. The van der Waals surface area contributed by atoms with Crippen molar-refractivity contribution in [2.24, 2.45) is 0 Å². The zero-order chi connectivity index (χ0) is 14.0. The third kappa shape index (κ3) is 2.25. The van der Waals surface area contributed by atoms with Crippen molar-refractivity contribution in [3.8, 4) is 0 Å². The van der Waals surface area contributed by atoms with Gasteiger partial charge in [-0.05, 0) is 25.8 Å². The van der Waals surface area contributed by atoms with E-state index in [0.717, 1.165) is 6.42 Å². The third-order valence-corrected chi connectivity index (χ3v) is 2.98. The van der Waals surface area contributed by atoms with Crippen LogP contribution in [0.2, 0.25) is 0 Å². The first-order valence-corrected chi connectivity index (χ1v) is 6.34. The Kier molecular flexibility index (Phi) is 3.69. The highest BCUT2D eigenvalue weighted by Gasteiger charge is 2.18. The van der Waals surface area contributed by atoms with Gasteiger partial charge >= 0.3 is 5.97 Å². The number of hydrogen-bond acceptors (Lipinski definition) is 4. The highest BCUT2D eigenvalue weighted by Crippen LogP contribution is 2.14. The van der Waals surface area contributed by atoms with Crippen LogP contribution in [-0.2, 0) is 11.3 Å². The largest absolute Gasteiger partial charge is 0.462 e. The fraction of sp³-hybridized carbons (Fsp3) is 0.462. The molecule has 19 heavy (non-hydrogen) atoms. The van der Waals surface area contributed by atoms with Gasteiger partial charge in [-0.3, -0.25) is 9.36 Å². The molecule has 2 rings (SSSR count). The summed E-state index contributed by atoms with van der Waals surface area (Å²) in [7, 11) is 0. The molecule has 0 bridgehead atoms. The lowest BCUT2D eigenvalue weighted by molar-refractivity contribution is 0.0525. The van der Waals surface area contributed by atoms with Crippen molar-refractivity contribution in [1.82, 2.24) is 14.2 Å². The highest BCUT2D eigenvalue weighted by molar-refractivity contribution is 5.93. The van der Waals surface area contributed by atoms with Crippen LogP contribution in [0.4, 0.5) is 0 Å². The van der Waals surface area contributed by atoms with E-state index < -0.39 is 5.97 Å². The summed E-state index contributed by atoms with van der Waals surface area (Å²) in [6, 6.07) is 0. The Morgan fingerprint density at radius 1 is 1.42 bits per heavy atom. The number of carbonyl (C=O) groups is 1. The lowest BCUT2D eigenvalue weighted by Crippen LogP contribution is -2.22. The second-order valence-electron chi connectivity index (χ2n) is 4.31. The Morgan fingerprint density at radius 3 is 2.79 bits per heavy atom. The number of nitrogens with zero attached hydrogens (tertiary/aromatic N) is 3. The van der Waals surface area contributed by atoms with Crippen molar-refractivity contribution in [3.05, 3.63) is 34.0 Å². The summed E-state index contributed by atoms with van der Waals surface area (Å²) in [5.41, 5.74) is 1.30. The third-order valence-electron chi connectivity index (χ3n) is 2.98. The van der Waals surface area contributed by atoms with Gasteiger partial charge in [-0.2, -0.15) is 5.10 Å². The Labute approximate surface area is 110 Å². The lowest BCUT2D eigenvalue weighted by Gasteiger charge is -2.03. The predicted octanol–water partition coefficient (Wildman–Crippen LogP) is 1.39. The van der Waals surface area contributed by atoms with E-state index in [1.54, 1.807) is 24.6 Å². The Hall–Kier alpha value is -2.11. The zero-order valence-corrected chi connectivity index (χ0v) is 11.3. The van der Waals surface area contributed by atoms with Crippen molar-refractivity contribution in [1.29, 1.82) is 0 Å². The number of rotatable bonds is 4. The van der Waals surface area contributed by atoms with E-state index in [4.69, 9.17) is 4.74 Å². The number of aromatic nitrogens is 3. The number of carbonyl (C=O) groups excluding carboxylic acids is 1. The van der Waals surface area contributed by atoms with Crippen LogP contribution >= 0.6 is 0 Å². The number of hydrogen-bond donors (Lipinski definition) is 0. The average molecular weight is 263 g/mol. The second-order valence-corrected chi connectivity index (χ2v) is 4.31. The molecule has 0 saturated carbocycles. The van der Waals surface area contributed by atoms with Crippen molar-refractivity contribution < 1.29 is 9.53 Å². The van der Waals surface area contributed by atoms with Crippen LogP contribution in [0.5, 0.6) is 0 Å². The molecule has 0 radical (unpaired) electrons. The molecule has 0 saturated heterocycles. The van der Waals surface area contributed by atoms with Crippen molar-refractivity contribution in [2.75, 3.05) is 6.61 Å². The maximum atomic E-state index is 12.3. The van der Waals surface area contributed by atoms with Crippen LogP contribution < -0.4 is 5.56 Å². The number of fused-ring (bicyclic) bond motifs is 1. The van der Waals surface area contributed by atoms with Gasteiger partial charge in [0.2, 0.25) is 0 Å². The fourth-order valence-electron chi connectivity index (χ4n) is 2.05. The van der Waals surface area contributed by atoms with Crippen molar-refractivity contribution in [3.63, 3.8) is 0 Å². The molecular formula is C13H17N3O3. The van der Waals surface area contributed by atoms with Crippen LogP contribution in [-0.4, -0.2) is 26.8 Å². The molecule has 0 spiro atoms. The molecule has 0 amide bonds. The molecule has 0 aliphatic heterocycles. The highest BCUT2D eigenvalue weighted by atomic mass is 16.5. The molecule has 6 heteroatoms. The lowest BCUT2D eigenvalue weighted by atomic mass is 10.2. The van der Waals surface area contributed by atoms with Gasteiger partial charge in [0.25, 0.3) is 5.56 Å². The van der Waals surface area contributed by atoms with Gasteiger partial charge in [0.1, 0.15) is 11.8 Å². The second kappa shape index (κ2) is 5.26. The summed E-state index contributed by atoms with van der Waals surface area (Å²) in [6.45, 7) is 6.39. The molecule has 0 N–H and O–H groups in total. The van der Waals surface area contributed by atoms with Gasteiger partial charge in [0.05, 0.1) is 12.2 Å². The summed E-state index contributed by atoms with van der Waals surface area (Å²) in [5, 5.41) is 4.16. The fourth-order valence-corrected chi connectivity index (χ4v) is 2.05. The van der Waals surface area contributed by atoms with Crippen LogP contribution in [0.15, 0.2) is 17.3 Å². The van der Waals surface area contributed by atoms with E-state index in [-0.39, 0.29) is 5.56 Å². The first-order valence-electron chi connectivity index (χ1n) is 6.34. The molecule has 0 aromatic carbocycles. The molecule has 2 aromatic rings. The van der Waals surface area contributed by atoms with Crippen LogP contribution in [0.3, 0.4) is 0 Å². The standard InChI is InChI=1S/C13H17N3O3/c1-4-6-15-8-14-16-7-10(13(18)19-5-2)9(3)11(16)12(15)17/h7-8H,4-6H2,1-3H3. The molecular weight excluding hydrogens is 246 g/mol. The maximum Gasteiger partial charge on any atom is 0.340 e. The predicted molar refractivity (Wildman–Crippen MR) is 70.4 cm³/mol. The number of ether oxygens (including phenoxy) is 1. The first-order chi connectivity index (χ1) is 9.10. The molecule has 0 fully saturated rings. The molecule has 6 nitrogen and oxygen atoms in total. The minimum atomic E-state index is -0.424. The molecule has 0 aliphatic rings. The SMILES string of the molecule is CCCn1cnn2cc(C(=O)OCC)c(C)c2c1=O. The summed E-state index contributed by atoms with van der Waals surface area (Å²) in [5.74, 6) is -0.424. The smallest absolute Gasteiger partial charge is 0.340 e. The molecule has 0 unspecified atom stereocenters. The van der Waals surface area contributed by atoms with Gasteiger partial charge in [-0.15, -0.1) is 0 Å². The van der Waals surface area contributed by atoms with Gasteiger partial charge in [0, 0.05) is 12.7 Å². The minimum absolute atomic E-state index is 0.134.